The van der Waals surface area contributed by atoms with Crippen molar-refractivity contribution in [3.63, 3.8) is 0 Å². The van der Waals surface area contributed by atoms with Crippen molar-refractivity contribution < 1.29 is 13.2 Å². The molecule has 140 valence electrons. The zero-order chi connectivity index (χ0) is 19.6. The van der Waals surface area contributed by atoms with Gasteiger partial charge in [0.25, 0.3) is 5.91 Å². The molecule has 0 fully saturated rings. The van der Waals surface area contributed by atoms with Crippen molar-refractivity contribution in [3.05, 3.63) is 63.1 Å². The molecule has 26 heavy (non-hydrogen) atoms. The van der Waals surface area contributed by atoms with E-state index in [2.05, 4.69) is 21.2 Å². The first-order chi connectivity index (χ1) is 12.0. The molecule has 0 aliphatic rings. The van der Waals surface area contributed by atoms with Gasteiger partial charge in [0.1, 0.15) is 0 Å². The fourth-order valence-electron chi connectivity index (χ4n) is 2.63. The van der Waals surface area contributed by atoms with Gasteiger partial charge in [-0.2, -0.15) is 0 Å². The molecule has 1 unspecified atom stereocenters. The minimum atomic E-state index is -3.61. The summed E-state index contributed by atoms with van der Waals surface area (Å²) in [6, 6.07) is 10.3. The van der Waals surface area contributed by atoms with Crippen LogP contribution in [-0.2, 0) is 10.0 Å². The molecule has 0 saturated carbocycles. The second kappa shape index (κ2) is 7.90. The Hall–Kier alpha value is -1.70. The van der Waals surface area contributed by atoms with E-state index in [4.69, 9.17) is 0 Å². The zero-order valence-corrected chi connectivity index (χ0v) is 17.9. The summed E-state index contributed by atoms with van der Waals surface area (Å²) in [6.07, 6.45) is 0. The van der Waals surface area contributed by atoms with Crippen molar-refractivity contribution in [2.75, 3.05) is 14.1 Å². The van der Waals surface area contributed by atoms with E-state index in [0.29, 0.717) is 4.47 Å². The van der Waals surface area contributed by atoms with Crippen LogP contribution in [0.5, 0.6) is 0 Å². The summed E-state index contributed by atoms with van der Waals surface area (Å²) in [5.41, 5.74) is 3.52. The number of hydrogen-bond donors (Lipinski definition) is 1. The second-order valence-corrected chi connectivity index (χ2v) is 9.49. The molecule has 0 heterocycles. The Bertz CT molecular complexity index is 940. The van der Waals surface area contributed by atoms with Gasteiger partial charge in [-0.1, -0.05) is 23.8 Å². The quantitative estimate of drug-likeness (QED) is 0.771. The van der Waals surface area contributed by atoms with Crippen LogP contribution in [0, 0.1) is 13.8 Å². The van der Waals surface area contributed by atoms with Crippen LogP contribution in [0.15, 0.2) is 45.8 Å². The van der Waals surface area contributed by atoms with Crippen LogP contribution in [0.3, 0.4) is 0 Å². The molecule has 0 aliphatic heterocycles. The molecule has 0 aromatic heterocycles. The minimum Gasteiger partial charge on any atom is -0.345 e. The largest absolute Gasteiger partial charge is 0.345 e. The van der Waals surface area contributed by atoms with Crippen LogP contribution < -0.4 is 5.32 Å². The standard InChI is InChI=1S/C19H23BrN2O3S/c1-12-6-7-13(2)16(10-12)14(3)21-19(23)17-11-15(8-9-18(17)20)26(24,25)22(4)5/h6-11,14H,1-5H3,(H,21,23). The van der Waals surface area contributed by atoms with Gasteiger partial charge in [-0.3, -0.25) is 4.79 Å². The number of amides is 1. The first-order valence-electron chi connectivity index (χ1n) is 8.14. The zero-order valence-electron chi connectivity index (χ0n) is 15.5. The first-order valence-corrected chi connectivity index (χ1v) is 10.4. The van der Waals surface area contributed by atoms with Gasteiger partial charge in [0.2, 0.25) is 10.0 Å². The minimum absolute atomic E-state index is 0.0789. The van der Waals surface area contributed by atoms with Crippen molar-refractivity contribution in [3.8, 4) is 0 Å². The molecular weight excluding hydrogens is 416 g/mol. The topological polar surface area (TPSA) is 66.5 Å². The van der Waals surface area contributed by atoms with E-state index in [1.165, 1.54) is 26.2 Å². The van der Waals surface area contributed by atoms with Gasteiger partial charge in [-0.25, -0.2) is 12.7 Å². The van der Waals surface area contributed by atoms with Gasteiger partial charge in [-0.05, 0) is 66.0 Å². The van der Waals surface area contributed by atoms with Gasteiger partial charge in [0.05, 0.1) is 16.5 Å². The van der Waals surface area contributed by atoms with Crippen molar-refractivity contribution in [1.82, 2.24) is 9.62 Å². The third-order valence-electron chi connectivity index (χ3n) is 4.21. The molecule has 7 heteroatoms. The Morgan fingerprint density at radius 2 is 1.77 bits per heavy atom. The van der Waals surface area contributed by atoms with E-state index in [1.54, 1.807) is 6.07 Å². The van der Waals surface area contributed by atoms with Gasteiger partial charge in [-0.15, -0.1) is 0 Å². The maximum atomic E-state index is 12.7. The Labute approximate surface area is 163 Å². The van der Waals surface area contributed by atoms with Crippen LogP contribution in [0.2, 0.25) is 0 Å². The van der Waals surface area contributed by atoms with Crippen molar-refractivity contribution in [2.45, 2.75) is 31.7 Å². The molecule has 1 N–H and O–H groups in total. The van der Waals surface area contributed by atoms with E-state index < -0.39 is 10.0 Å². The summed E-state index contributed by atoms with van der Waals surface area (Å²) < 4.78 is 26.3. The van der Waals surface area contributed by atoms with Gasteiger partial charge < -0.3 is 5.32 Å². The third-order valence-corrected chi connectivity index (χ3v) is 6.71. The molecule has 0 spiro atoms. The summed E-state index contributed by atoms with van der Waals surface area (Å²) in [6.45, 7) is 5.91. The normalized spacial score (nSPS) is 12.9. The number of hydrogen-bond acceptors (Lipinski definition) is 3. The molecule has 0 bridgehead atoms. The number of halogens is 1. The maximum Gasteiger partial charge on any atom is 0.252 e. The number of nitrogens with one attached hydrogen (secondary N) is 1. The Morgan fingerprint density at radius 1 is 1.12 bits per heavy atom. The highest BCUT2D eigenvalue weighted by molar-refractivity contribution is 9.10. The van der Waals surface area contributed by atoms with Crippen molar-refractivity contribution >= 4 is 31.9 Å². The third kappa shape index (κ3) is 4.34. The first kappa shape index (κ1) is 20.6. The van der Waals surface area contributed by atoms with Crippen LogP contribution >= 0.6 is 15.9 Å². The molecule has 2 aromatic rings. The number of rotatable bonds is 5. The number of carbonyl (C=O) groups is 1. The van der Waals surface area contributed by atoms with Crippen molar-refractivity contribution in [1.29, 1.82) is 0 Å². The van der Waals surface area contributed by atoms with E-state index in [1.807, 2.05) is 39.0 Å². The van der Waals surface area contributed by atoms with Crippen LogP contribution in [0.1, 0.15) is 40.0 Å². The Balaban J connectivity index is 2.34. The summed E-state index contributed by atoms with van der Waals surface area (Å²) >= 11 is 3.34. The highest BCUT2D eigenvalue weighted by Crippen LogP contribution is 2.24. The summed E-state index contributed by atoms with van der Waals surface area (Å²) in [4.78, 5) is 12.8. The molecule has 2 rings (SSSR count). The average Bonchev–Trinajstić information content (AvgIpc) is 2.56. The number of aryl methyl sites for hydroxylation is 2. The van der Waals surface area contributed by atoms with Gasteiger partial charge >= 0.3 is 0 Å². The van der Waals surface area contributed by atoms with E-state index in [-0.39, 0.29) is 22.4 Å². The molecule has 1 amide bonds. The molecule has 0 aliphatic carbocycles. The number of benzene rings is 2. The summed E-state index contributed by atoms with van der Waals surface area (Å²) in [5.74, 6) is -0.332. The average molecular weight is 439 g/mol. The molecule has 2 aromatic carbocycles. The molecular formula is C19H23BrN2O3S. The fraction of sp³-hybridized carbons (Fsp3) is 0.316. The van der Waals surface area contributed by atoms with Gasteiger partial charge in [0, 0.05) is 18.6 Å². The van der Waals surface area contributed by atoms with Crippen molar-refractivity contribution in [2.24, 2.45) is 0 Å². The van der Waals surface area contributed by atoms with Crippen LogP contribution in [0.4, 0.5) is 0 Å². The highest BCUT2D eigenvalue weighted by Gasteiger charge is 2.21. The molecule has 0 saturated heterocycles. The molecule has 0 radical (unpaired) electrons. The lowest BCUT2D eigenvalue weighted by molar-refractivity contribution is 0.0939. The lowest BCUT2D eigenvalue weighted by Gasteiger charge is -2.18. The Morgan fingerprint density at radius 3 is 2.38 bits per heavy atom. The highest BCUT2D eigenvalue weighted by atomic mass is 79.9. The van der Waals surface area contributed by atoms with Gasteiger partial charge in [0.15, 0.2) is 0 Å². The monoisotopic (exact) mass is 438 g/mol. The van der Waals surface area contributed by atoms with E-state index in [0.717, 1.165) is 21.0 Å². The maximum absolute atomic E-state index is 12.7. The fourth-order valence-corrected chi connectivity index (χ4v) is 3.98. The predicted octanol–water partition coefficient (Wildman–Crippen LogP) is 3.81. The van der Waals surface area contributed by atoms with Crippen LogP contribution in [-0.4, -0.2) is 32.7 Å². The summed E-state index contributed by atoms with van der Waals surface area (Å²) in [5, 5.41) is 2.95. The SMILES string of the molecule is Cc1ccc(C)c(C(C)NC(=O)c2cc(S(=O)(=O)N(C)C)ccc2Br)c1. The second-order valence-electron chi connectivity index (χ2n) is 6.48. The lowest BCUT2D eigenvalue weighted by Crippen LogP contribution is -2.28. The Kier molecular flexibility index (Phi) is 6.26. The molecule has 1 atom stereocenters. The van der Waals surface area contributed by atoms with E-state index in [9.17, 15) is 13.2 Å². The smallest absolute Gasteiger partial charge is 0.252 e. The lowest BCUT2D eigenvalue weighted by atomic mass is 10.00. The van der Waals surface area contributed by atoms with E-state index >= 15 is 0 Å². The number of nitrogens with zero attached hydrogens (tertiary/aromatic N) is 1. The predicted molar refractivity (Wildman–Crippen MR) is 107 cm³/mol. The molecule has 5 nitrogen and oxygen atoms in total. The number of sulfonamides is 1. The number of carbonyl (C=O) groups excluding carboxylic acids is 1. The van der Waals surface area contributed by atoms with Crippen LogP contribution in [0.25, 0.3) is 0 Å². The summed E-state index contributed by atoms with van der Waals surface area (Å²) in [7, 11) is -0.694.